The molecule has 1 fully saturated rings. The van der Waals surface area contributed by atoms with Gasteiger partial charge in [0.2, 0.25) is 0 Å². The predicted molar refractivity (Wildman–Crippen MR) is 136 cm³/mol. The number of carbonyl (C=O) groups excluding carboxylic acids is 2. The maximum Gasteiger partial charge on any atom is 0.325 e. The van der Waals surface area contributed by atoms with Crippen LogP contribution in [0.4, 0.5) is 10.5 Å². The summed E-state index contributed by atoms with van der Waals surface area (Å²) in [6.07, 6.45) is 1.16. The number of anilines is 1. The predicted octanol–water partition coefficient (Wildman–Crippen LogP) is 3.32. The number of benzene rings is 2. The second kappa shape index (κ2) is 13.2. The lowest BCUT2D eigenvalue weighted by Crippen LogP contribution is -2.34. The Hall–Kier alpha value is -3.45. The van der Waals surface area contributed by atoms with Gasteiger partial charge in [0.15, 0.2) is 11.4 Å². The van der Waals surface area contributed by atoms with Crippen molar-refractivity contribution in [3.63, 3.8) is 0 Å². The highest BCUT2D eigenvalue weighted by atomic mass is 32.2. The van der Waals surface area contributed by atoms with Crippen LogP contribution in [0.1, 0.15) is 42.4 Å². The van der Waals surface area contributed by atoms with Crippen LogP contribution in [0, 0.1) is 0 Å². The number of carbonyl (C=O) groups is 2. The molecular weight excluding hydrogens is 498 g/mol. The van der Waals surface area contributed by atoms with E-state index in [1.54, 1.807) is 19.1 Å². The fraction of sp³-hybridized carbons (Fsp3) is 0.360. The molecule has 0 saturated carbocycles. The molecule has 1 saturated heterocycles. The van der Waals surface area contributed by atoms with E-state index >= 15 is 0 Å². The molecule has 1 aromatic heterocycles. The number of rotatable bonds is 10. The van der Waals surface area contributed by atoms with Gasteiger partial charge in [0, 0.05) is 23.4 Å². The molecule has 1 aliphatic heterocycles. The van der Waals surface area contributed by atoms with Gasteiger partial charge in [-0.2, -0.15) is 5.10 Å². The molecule has 0 aliphatic carbocycles. The second-order valence-corrected chi connectivity index (χ2v) is 9.20. The third-order valence-corrected chi connectivity index (χ3v) is 6.56. The number of aromatic nitrogens is 3. The average Bonchev–Trinajstić information content (AvgIpc) is 3.45. The van der Waals surface area contributed by atoms with Gasteiger partial charge in [-0.3, -0.25) is 9.89 Å². The summed E-state index contributed by atoms with van der Waals surface area (Å²) in [6.45, 7) is 1.72. The summed E-state index contributed by atoms with van der Waals surface area (Å²) in [5, 5.41) is 21.9. The fourth-order valence-corrected chi connectivity index (χ4v) is 4.52. The molecule has 11 nitrogen and oxygen atoms in total. The van der Waals surface area contributed by atoms with Crippen molar-refractivity contribution in [2.45, 2.75) is 43.6 Å². The van der Waals surface area contributed by atoms with Gasteiger partial charge in [-0.15, -0.1) is 0 Å². The summed E-state index contributed by atoms with van der Waals surface area (Å²) in [7, 11) is 0. The molecular formula is C25H29N5O6S. The first-order valence-electron chi connectivity index (χ1n) is 11.8. The highest BCUT2D eigenvalue weighted by Crippen LogP contribution is 2.39. The molecule has 0 spiro atoms. The number of H-pyrrole nitrogens is 1. The molecule has 1 aliphatic rings. The maximum absolute atomic E-state index is 12.1. The molecule has 0 unspecified atom stereocenters. The highest BCUT2D eigenvalue weighted by Gasteiger charge is 2.32. The molecule has 12 heteroatoms. The first-order valence-corrected chi connectivity index (χ1v) is 12.8. The standard InChI is InChI=1S/C25H29N5O6S/c1-2-34-22(32)12-26-24(33)29-19-9-7-18(8-10-19)23-35-20(14-37-25-27-15-28-30-25)11-21(36-23)17-5-3-16(13-31)4-6-17/h3-10,15,20-21,23,31H,2,11-14H2,1H3,(H2,26,29,33)(H,27,28,30)/t20-,21+,23+/m1/s1. The van der Waals surface area contributed by atoms with Crippen molar-refractivity contribution in [2.75, 3.05) is 24.2 Å². The number of ether oxygens (including phenoxy) is 3. The number of aliphatic hydroxyl groups excluding tert-OH is 1. The quantitative estimate of drug-likeness (QED) is 0.230. The third-order valence-electron chi connectivity index (χ3n) is 5.55. The summed E-state index contributed by atoms with van der Waals surface area (Å²) in [5.74, 6) is 0.150. The summed E-state index contributed by atoms with van der Waals surface area (Å²) >= 11 is 1.52. The molecule has 0 radical (unpaired) electrons. The van der Waals surface area contributed by atoms with E-state index in [9.17, 15) is 14.7 Å². The second-order valence-electron chi connectivity index (χ2n) is 8.19. The number of aromatic amines is 1. The Balaban J connectivity index is 1.41. The minimum Gasteiger partial charge on any atom is -0.465 e. The fourth-order valence-electron chi connectivity index (χ4n) is 3.72. The number of esters is 1. The van der Waals surface area contributed by atoms with Crippen LogP contribution in [0.5, 0.6) is 0 Å². The van der Waals surface area contributed by atoms with E-state index in [1.807, 2.05) is 36.4 Å². The van der Waals surface area contributed by atoms with Gasteiger partial charge in [0.1, 0.15) is 12.9 Å². The number of nitrogens with one attached hydrogen (secondary N) is 3. The van der Waals surface area contributed by atoms with Gasteiger partial charge in [-0.05, 0) is 30.2 Å². The summed E-state index contributed by atoms with van der Waals surface area (Å²) in [4.78, 5) is 27.6. The van der Waals surface area contributed by atoms with Crippen LogP contribution in [-0.4, -0.2) is 57.3 Å². The van der Waals surface area contributed by atoms with Gasteiger partial charge in [0.05, 0.1) is 25.4 Å². The zero-order chi connectivity index (χ0) is 26.0. The van der Waals surface area contributed by atoms with Crippen molar-refractivity contribution in [2.24, 2.45) is 0 Å². The van der Waals surface area contributed by atoms with E-state index < -0.39 is 18.3 Å². The van der Waals surface area contributed by atoms with Gasteiger partial charge >= 0.3 is 12.0 Å². The van der Waals surface area contributed by atoms with Gasteiger partial charge in [-0.25, -0.2) is 9.78 Å². The molecule has 3 atom stereocenters. The summed E-state index contributed by atoms with van der Waals surface area (Å²) in [5.41, 5.74) is 3.18. The molecule has 0 bridgehead atoms. The highest BCUT2D eigenvalue weighted by molar-refractivity contribution is 7.99. The maximum atomic E-state index is 12.1. The smallest absolute Gasteiger partial charge is 0.325 e. The van der Waals surface area contributed by atoms with Crippen LogP contribution in [-0.2, 0) is 25.6 Å². The Bertz CT molecular complexity index is 1140. The van der Waals surface area contributed by atoms with Crippen LogP contribution in [0.2, 0.25) is 0 Å². The first kappa shape index (κ1) is 26.6. The Morgan fingerprint density at radius 2 is 1.89 bits per heavy atom. The van der Waals surface area contributed by atoms with Crippen LogP contribution < -0.4 is 10.6 Å². The molecule has 37 heavy (non-hydrogen) atoms. The number of nitrogens with zero attached hydrogens (tertiary/aromatic N) is 2. The number of hydrogen-bond acceptors (Lipinski definition) is 9. The number of hydrogen-bond donors (Lipinski definition) is 4. The Morgan fingerprint density at radius 1 is 1.14 bits per heavy atom. The van der Waals surface area contributed by atoms with Crippen molar-refractivity contribution >= 4 is 29.4 Å². The topological polar surface area (TPSA) is 148 Å². The minimum absolute atomic E-state index is 0.0186. The molecule has 2 aromatic carbocycles. The summed E-state index contributed by atoms with van der Waals surface area (Å²) in [6, 6.07) is 14.3. The monoisotopic (exact) mass is 527 g/mol. The number of amides is 2. The number of thioether (sulfide) groups is 1. The van der Waals surface area contributed by atoms with Gasteiger partial charge in [-0.1, -0.05) is 48.2 Å². The minimum atomic E-state index is -0.622. The molecule has 4 rings (SSSR count). The number of urea groups is 1. The first-order chi connectivity index (χ1) is 18.0. The van der Waals surface area contributed by atoms with Crippen molar-refractivity contribution in [1.82, 2.24) is 20.5 Å². The van der Waals surface area contributed by atoms with Crippen molar-refractivity contribution in [1.29, 1.82) is 0 Å². The third kappa shape index (κ3) is 7.76. The van der Waals surface area contributed by atoms with Crippen LogP contribution >= 0.6 is 11.8 Å². The lowest BCUT2D eigenvalue weighted by Gasteiger charge is -2.36. The Morgan fingerprint density at radius 3 is 2.57 bits per heavy atom. The zero-order valence-electron chi connectivity index (χ0n) is 20.3. The van der Waals surface area contributed by atoms with E-state index in [0.717, 1.165) is 16.7 Å². The zero-order valence-corrected chi connectivity index (χ0v) is 21.1. The van der Waals surface area contributed by atoms with E-state index in [0.29, 0.717) is 23.0 Å². The number of aliphatic hydroxyl groups is 1. The average molecular weight is 528 g/mol. The summed E-state index contributed by atoms with van der Waals surface area (Å²) < 4.78 is 17.4. The molecule has 2 heterocycles. The van der Waals surface area contributed by atoms with E-state index in [2.05, 4.69) is 25.8 Å². The van der Waals surface area contributed by atoms with Gasteiger partial charge < -0.3 is 30.0 Å². The van der Waals surface area contributed by atoms with Crippen LogP contribution in [0.25, 0.3) is 0 Å². The normalized spacial score (nSPS) is 19.2. The van der Waals surface area contributed by atoms with E-state index in [1.165, 1.54) is 18.1 Å². The lowest BCUT2D eigenvalue weighted by molar-refractivity contribution is -0.245. The molecule has 2 amide bonds. The van der Waals surface area contributed by atoms with Crippen LogP contribution in [0.3, 0.4) is 0 Å². The van der Waals surface area contributed by atoms with Crippen molar-refractivity contribution < 1.29 is 28.9 Å². The molecule has 196 valence electrons. The Labute approximate surface area is 218 Å². The van der Waals surface area contributed by atoms with Crippen LogP contribution in [0.15, 0.2) is 60.0 Å². The van der Waals surface area contributed by atoms with Crippen molar-refractivity contribution in [3.05, 3.63) is 71.5 Å². The van der Waals surface area contributed by atoms with E-state index in [4.69, 9.17) is 14.2 Å². The SMILES string of the molecule is CCOC(=O)CNC(=O)Nc1ccc([C@H]2O[C@@H](CSc3ncn[nH]3)C[C@@H](c3ccc(CO)cc3)O2)cc1. The van der Waals surface area contributed by atoms with Crippen molar-refractivity contribution in [3.8, 4) is 0 Å². The lowest BCUT2D eigenvalue weighted by atomic mass is 10.0. The molecule has 4 N–H and O–H groups in total. The molecule has 3 aromatic rings. The Kier molecular flexibility index (Phi) is 9.49. The van der Waals surface area contributed by atoms with Gasteiger partial charge in [0.25, 0.3) is 0 Å². The van der Waals surface area contributed by atoms with E-state index in [-0.39, 0.29) is 32.0 Å². The largest absolute Gasteiger partial charge is 0.465 e.